The van der Waals surface area contributed by atoms with Crippen molar-refractivity contribution >= 4 is 43.6 Å². The van der Waals surface area contributed by atoms with E-state index in [-0.39, 0.29) is 10.8 Å². The summed E-state index contributed by atoms with van der Waals surface area (Å²) >= 11 is 0. The number of rotatable bonds is 6. The Morgan fingerprint density at radius 3 is 2.38 bits per heavy atom. The molecule has 2 aromatic carbocycles. The number of furan rings is 1. The number of nitrogens with zero attached hydrogens (tertiary/aromatic N) is 1. The Morgan fingerprint density at radius 2 is 1.74 bits per heavy atom. The smallest absolute Gasteiger partial charge is 0.324 e. The summed E-state index contributed by atoms with van der Waals surface area (Å²) in [4.78, 5) is 14.9. The highest BCUT2D eigenvalue weighted by Gasteiger charge is 2.32. The zero-order valence-electron chi connectivity index (χ0n) is 20.3. The Kier molecular flexibility index (Phi) is 6.63. The van der Waals surface area contributed by atoms with Crippen LogP contribution in [0.1, 0.15) is 34.6 Å². The molecule has 1 atom stereocenters. The second-order valence-electron chi connectivity index (χ2n) is 9.92. The molecule has 2 heterocycles. The fourth-order valence-electron chi connectivity index (χ4n) is 3.99. The van der Waals surface area contributed by atoms with E-state index in [0.29, 0.717) is 24.4 Å². The van der Waals surface area contributed by atoms with Crippen molar-refractivity contribution in [3.8, 4) is 0 Å². The minimum Gasteiger partial charge on any atom is -0.459 e. The summed E-state index contributed by atoms with van der Waals surface area (Å²) in [7, 11) is -3.99. The van der Waals surface area contributed by atoms with Crippen LogP contribution in [-0.4, -0.2) is 52.3 Å². The van der Waals surface area contributed by atoms with Gasteiger partial charge in [0, 0.05) is 35.6 Å². The largest absolute Gasteiger partial charge is 0.459 e. The first-order chi connectivity index (χ1) is 15.9. The van der Waals surface area contributed by atoms with E-state index in [2.05, 4.69) is 15.7 Å². The van der Waals surface area contributed by atoms with E-state index in [4.69, 9.17) is 13.9 Å². The van der Waals surface area contributed by atoms with Gasteiger partial charge in [0.2, 0.25) is 10.0 Å². The molecule has 0 saturated carbocycles. The summed E-state index contributed by atoms with van der Waals surface area (Å²) in [5.74, 6) is -0.898. The Hall–Kier alpha value is -2.62. The predicted molar refractivity (Wildman–Crippen MR) is 132 cm³/mol. The number of ether oxygens (including phenoxy) is 2. The number of morpholine rings is 1. The van der Waals surface area contributed by atoms with Crippen LogP contribution < -0.4 is 9.62 Å². The van der Waals surface area contributed by atoms with Crippen molar-refractivity contribution in [1.82, 2.24) is 4.72 Å². The topological polar surface area (TPSA) is 98.1 Å². The highest BCUT2D eigenvalue weighted by Crippen LogP contribution is 2.33. The van der Waals surface area contributed by atoms with Gasteiger partial charge in [-0.15, -0.1) is 0 Å². The zero-order chi connectivity index (χ0) is 24.7. The lowest BCUT2D eigenvalue weighted by atomic mass is 10.1. The molecule has 0 bridgehead atoms. The van der Waals surface area contributed by atoms with E-state index in [1.807, 2.05) is 12.1 Å². The van der Waals surface area contributed by atoms with Gasteiger partial charge in [-0.25, -0.2) is 8.42 Å². The van der Waals surface area contributed by atoms with Crippen molar-refractivity contribution < 1.29 is 27.1 Å². The number of carbonyl (C=O) groups excluding carboxylic acids is 1. The molecule has 184 valence electrons. The third-order valence-corrected chi connectivity index (χ3v) is 7.16. The molecule has 1 aliphatic rings. The van der Waals surface area contributed by atoms with Crippen LogP contribution in [0.5, 0.6) is 0 Å². The number of nitrogens with one attached hydrogen (secondary N) is 1. The average molecular weight is 489 g/mol. The molecule has 8 nitrogen and oxygen atoms in total. The lowest BCUT2D eigenvalue weighted by Crippen LogP contribution is -2.47. The van der Waals surface area contributed by atoms with E-state index in [9.17, 15) is 13.2 Å². The molecule has 0 spiro atoms. The molecular weight excluding hydrogens is 456 g/mol. The normalized spacial score (nSPS) is 16.4. The highest BCUT2D eigenvalue weighted by atomic mass is 32.2. The van der Waals surface area contributed by atoms with Gasteiger partial charge in [-0.05, 0) is 57.0 Å². The number of esters is 1. The second kappa shape index (κ2) is 9.20. The molecule has 0 aliphatic carbocycles. The summed E-state index contributed by atoms with van der Waals surface area (Å²) < 4.78 is 45.7. The lowest BCUT2D eigenvalue weighted by molar-refractivity contribution is -0.158. The van der Waals surface area contributed by atoms with Crippen LogP contribution in [0.15, 0.2) is 45.7 Å². The van der Waals surface area contributed by atoms with Crippen LogP contribution in [0.4, 0.5) is 5.69 Å². The molecular formula is C25H32N2O6S. The minimum atomic E-state index is -3.99. The van der Waals surface area contributed by atoms with Crippen LogP contribution in [0.25, 0.3) is 21.9 Å². The number of hydrogen-bond donors (Lipinski definition) is 1. The Morgan fingerprint density at radius 1 is 1.03 bits per heavy atom. The van der Waals surface area contributed by atoms with E-state index in [1.54, 1.807) is 40.7 Å². The first-order valence-electron chi connectivity index (χ1n) is 11.5. The summed E-state index contributed by atoms with van der Waals surface area (Å²) in [6.07, 6.45) is 0. The lowest BCUT2D eigenvalue weighted by Gasteiger charge is -2.28. The molecule has 1 aliphatic heterocycles. The minimum absolute atomic E-state index is 0.0293. The van der Waals surface area contributed by atoms with Crippen molar-refractivity contribution in [2.45, 2.75) is 51.2 Å². The van der Waals surface area contributed by atoms with Gasteiger partial charge in [0.25, 0.3) is 0 Å². The fraction of sp³-hybridized carbons (Fsp3) is 0.480. The monoisotopic (exact) mass is 488 g/mol. The van der Waals surface area contributed by atoms with Crippen molar-refractivity contribution in [3.63, 3.8) is 0 Å². The average Bonchev–Trinajstić information content (AvgIpc) is 3.14. The summed E-state index contributed by atoms with van der Waals surface area (Å²) in [6, 6.07) is 9.75. The quantitative estimate of drug-likeness (QED) is 0.522. The maximum atomic E-state index is 13.2. The first kappa shape index (κ1) is 24.5. The predicted octanol–water partition coefficient (Wildman–Crippen LogP) is 4.07. The summed E-state index contributed by atoms with van der Waals surface area (Å²) in [5, 5.41) is 1.75. The number of hydrogen-bond acceptors (Lipinski definition) is 7. The van der Waals surface area contributed by atoms with Crippen LogP contribution in [0, 0.1) is 5.92 Å². The van der Waals surface area contributed by atoms with Crippen molar-refractivity contribution in [1.29, 1.82) is 0 Å². The molecule has 0 radical (unpaired) electrons. The second-order valence-corrected chi connectivity index (χ2v) is 11.6. The van der Waals surface area contributed by atoms with Crippen molar-refractivity contribution in [2.75, 3.05) is 31.2 Å². The molecule has 1 saturated heterocycles. The van der Waals surface area contributed by atoms with Crippen LogP contribution in [0.2, 0.25) is 0 Å². The van der Waals surface area contributed by atoms with E-state index in [1.165, 1.54) is 12.1 Å². The van der Waals surface area contributed by atoms with Crippen molar-refractivity contribution in [2.24, 2.45) is 5.92 Å². The number of carbonyl (C=O) groups is 1. The molecule has 1 fully saturated rings. The van der Waals surface area contributed by atoms with Gasteiger partial charge in [0.05, 0.1) is 18.1 Å². The molecule has 9 heteroatoms. The molecule has 1 N–H and O–H groups in total. The van der Waals surface area contributed by atoms with E-state index < -0.39 is 27.6 Å². The molecule has 0 amide bonds. The van der Waals surface area contributed by atoms with Crippen LogP contribution >= 0.6 is 0 Å². The standard InChI is InChI=1S/C25H32N2O6S/c1-16(2)23(24(28)33-25(3,4)5)26-34(29,30)18-7-8-19-20-14-17(27-10-12-31-13-11-27)6-9-21(20)32-22(19)15-18/h6-9,14-16,23,26H,10-13H2,1-5H3/t23-/m0/s1. The highest BCUT2D eigenvalue weighted by molar-refractivity contribution is 7.89. The Labute approximate surface area is 200 Å². The molecule has 0 unspecified atom stereocenters. The SMILES string of the molecule is CC(C)[C@H](NS(=O)(=O)c1ccc2c(c1)oc1ccc(N3CCOCC3)cc12)C(=O)OC(C)(C)C. The van der Waals surface area contributed by atoms with Gasteiger partial charge in [-0.3, -0.25) is 4.79 Å². The molecule has 34 heavy (non-hydrogen) atoms. The van der Waals surface area contributed by atoms with Crippen molar-refractivity contribution in [3.05, 3.63) is 36.4 Å². The van der Waals surface area contributed by atoms with Gasteiger partial charge < -0.3 is 18.8 Å². The number of fused-ring (bicyclic) bond motifs is 3. The summed E-state index contributed by atoms with van der Waals surface area (Å²) in [6.45, 7) is 11.8. The first-order valence-corrected chi connectivity index (χ1v) is 13.0. The maximum Gasteiger partial charge on any atom is 0.324 e. The maximum absolute atomic E-state index is 13.2. The third-order valence-electron chi connectivity index (χ3n) is 5.72. The van der Waals surface area contributed by atoms with E-state index in [0.717, 1.165) is 29.5 Å². The van der Waals surface area contributed by atoms with Crippen LogP contribution in [0.3, 0.4) is 0 Å². The third kappa shape index (κ3) is 5.21. The van der Waals surface area contributed by atoms with E-state index >= 15 is 0 Å². The zero-order valence-corrected chi connectivity index (χ0v) is 21.1. The number of anilines is 1. The van der Waals surface area contributed by atoms with Gasteiger partial charge in [-0.1, -0.05) is 13.8 Å². The molecule has 1 aromatic heterocycles. The van der Waals surface area contributed by atoms with Gasteiger partial charge >= 0.3 is 5.97 Å². The van der Waals surface area contributed by atoms with Crippen LogP contribution in [-0.2, 0) is 24.3 Å². The molecule has 4 rings (SSSR count). The molecule has 3 aromatic rings. The van der Waals surface area contributed by atoms with Gasteiger partial charge in [0.1, 0.15) is 22.8 Å². The summed E-state index contributed by atoms with van der Waals surface area (Å²) in [5.41, 5.74) is 1.51. The fourth-order valence-corrected chi connectivity index (χ4v) is 5.34. The number of sulfonamides is 1. The number of benzene rings is 2. The Bertz CT molecular complexity index is 1300. The Balaban J connectivity index is 1.64. The van der Waals surface area contributed by atoms with Gasteiger partial charge in [0.15, 0.2) is 0 Å². The van der Waals surface area contributed by atoms with Gasteiger partial charge in [-0.2, -0.15) is 4.72 Å².